The first kappa shape index (κ1) is 16.7. The van der Waals surface area contributed by atoms with Crippen molar-refractivity contribution in [3.05, 3.63) is 47.9 Å². The molecule has 0 aromatic carbocycles. The molecule has 134 valence electrons. The highest BCUT2D eigenvalue weighted by atomic mass is 16.2. The van der Waals surface area contributed by atoms with E-state index in [1.54, 1.807) is 6.20 Å². The summed E-state index contributed by atoms with van der Waals surface area (Å²) < 4.78 is 1.82. The summed E-state index contributed by atoms with van der Waals surface area (Å²) in [4.78, 5) is 24.0. The lowest BCUT2D eigenvalue weighted by atomic mass is 10.0. The van der Waals surface area contributed by atoms with Gasteiger partial charge >= 0.3 is 0 Å². The van der Waals surface area contributed by atoms with E-state index >= 15 is 0 Å². The summed E-state index contributed by atoms with van der Waals surface area (Å²) in [7, 11) is 0. The van der Waals surface area contributed by atoms with Crippen LogP contribution in [0.3, 0.4) is 0 Å². The Bertz CT molecular complexity index is 934. The zero-order valence-corrected chi connectivity index (χ0v) is 15.2. The molecule has 1 amide bonds. The molecule has 6 nitrogen and oxygen atoms in total. The van der Waals surface area contributed by atoms with Crippen LogP contribution >= 0.6 is 0 Å². The third-order valence-electron chi connectivity index (χ3n) is 5.07. The first-order valence-corrected chi connectivity index (χ1v) is 9.29. The predicted octanol–water partition coefficient (Wildman–Crippen LogP) is 3.37. The fourth-order valence-electron chi connectivity index (χ4n) is 3.58. The Labute approximate surface area is 152 Å². The monoisotopic (exact) mass is 349 g/mol. The SMILES string of the molecule is CCc1cc(C(=O)N2CCCC[C@@H]2C)nc2cc(-c3ccccn3)nn12. The number of rotatable bonds is 3. The van der Waals surface area contributed by atoms with Crippen molar-refractivity contribution in [1.29, 1.82) is 0 Å². The number of piperidine rings is 1. The highest BCUT2D eigenvalue weighted by molar-refractivity contribution is 5.93. The summed E-state index contributed by atoms with van der Waals surface area (Å²) in [6.07, 6.45) is 5.84. The van der Waals surface area contributed by atoms with Gasteiger partial charge in [-0.2, -0.15) is 5.10 Å². The number of fused-ring (bicyclic) bond motifs is 1. The third-order valence-corrected chi connectivity index (χ3v) is 5.07. The molecule has 26 heavy (non-hydrogen) atoms. The highest BCUT2D eigenvalue weighted by Crippen LogP contribution is 2.22. The first-order valence-electron chi connectivity index (χ1n) is 9.29. The van der Waals surface area contributed by atoms with Crippen LogP contribution < -0.4 is 0 Å². The number of likely N-dealkylation sites (tertiary alicyclic amines) is 1. The zero-order chi connectivity index (χ0) is 18.1. The summed E-state index contributed by atoms with van der Waals surface area (Å²) in [6.45, 7) is 5.00. The van der Waals surface area contributed by atoms with E-state index < -0.39 is 0 Å². The zero-order valence-electron chi connectivity index (χ0n) is 15.2. The molecule has 0 saturated carbocycles. The Morgan fingerprint density at radius 3 is 2.85 bits per heavy atom. The number of amides is 1. The van der Waals surface area contributed by atoms with Gasteiger partial charge in [-0.05, 0) is 50.8 Å². The van der Waals surface area contributed by atoms with Crippen molar-refractivity contribution < 1.29 is 4.79 Å². The molecule has 3 aromatic rings. The van der Waals surface area contributed by atoms with Gasteiger partial charge in [-0.15, -0.1) is 0 Å². The van der Waals surface area contributed by atoms with Crippen molar-refractivity contribution in [2.24, 2.45) is 0 Å². The molecule has 0 bridgehead atoms. The van der Waals surface area contributed by atoms with Gasteiger partial charge < -0.3 is 4.90 Å². The highest BCUT2D eigenvalue weighted by Gasteiger charge is 2.26. The van der Waals surface area contributed by atoms with Crippen molar-refractivity contribution in [2.75, 3.05) is 6.54 Å². The first-order chi connectivity index (χ1) is 12.7. The van der Waals surface area contributed by atoms with Gasteiger partial charge in [0.1, 0.15) is 11.4 Å². The maximum absolute atomic E-state index is 13.0. The summed E-state index contributed by atoms with van der Waals surface area (Å²) in [6, 6.07) is 9.80. The van der Waals surface area contributed by atoms with E-state index in [0.29, 0.717) is 11.3 Å². The van der Waals surface area contributed by atoms with Crippen LogP contribution in [0.15, 0.2) is 36.5 Å². The molecule has 4 heterocycles. The fourth-order valence-corrected chi connectivity index (χ4v) is 3.58. The van der Waals surface area contributed by atoms with Crippen molar-refractivity contribution >= 4 is 11.6 Å². The summed E-state index contributed by atoms with van der Waals surface area (Å²) in [5, 5.41) is 4.65. The molecule has 1 aliphatic rings. The van der Waals surface area contributed by atoms with Crippen molar-refractivity contribution in [3.8, 4) is 11.4 Å². The van der Waals surface area contributed by atoms with Gasteiger partial charge in [0.2, 0.25) is 0 Å². The van der Waals surface area contributed by atoms with Crippen LogP contribution in [0.5, 0.6) is 0 Å². The number of carbonyl (C=O) groups is 1. The summed E-state index contributed by atoms with van der Waals surface area (Å²) >= 11 is 0. The second-order valence-electron chi connectivity index (χ2n) is 6.84. The second-order valence-corrected chi connectivity index (χ2v) is 6.84. The molecule has 4 rings (SSSR count). The maximum atomic E-state index is 13.0. The molecule has 0 N–H and O–H groups in total. The largest absolute Gasteiger partial charge is 0.335 e. The molecule has 1 saturated heterocycles. The van der Waals surface area contributed by atoms with Crippen molar-refractivity contribution in [1.82, 2.24) is 24.5 Å². The van der Waals surface area contributed by atoms with Gasteiger partial charge in [-0.25, -0.2) is 9.50 Å². The second kappa shape index (κ2) is 6.86. The van der Waals surface area contributed by atoms with Crippen LogP contribution in [0.25, 0.3) is 17.0 Å². The van der Waals surface area contributed by atoms with Crippen molar-refractivity contribution in [3.63, 3.8) is 0 Å². The number of hydrogen-bond donors (Lipinski definition) is 0. The Morgan fingerprint density at radius 2 is 2.12 bits per heavy atom. The molecule has 0 spiro atoms. The van der Waals surface area contributed by atoms with E-state index in [0.717, 1.165) is 42.9 Å². The Kier molecular flexibility index (Phi) is 4.41. The fraction of sp³-hybridized carbons (Fsp3) is 0.400. The van der Waals surface area contributed by atoms with E-state index in [2.05, 4.69) is 28.9 Å². The molecule has 1 atom stereocenters. The lowest BCUT2D eigenvalue weighted by Crippen LogP contribution is -2.42. The van der Waals surface area contributed by atoms with Crippen LogP contribution in [0.4, 0.5) is 0 Å². The predicted molar refractivity (Wildman–Crippen MR) is 99.9 cm³/mol. The molecule has 0 unspecified atom stereocenters. The van der Waals surface area contributed by atoms with E-state index in [1.165, 1.54) is 6.42 Å². The lowest BCUT2D eigenvalue weighted by molar-refractivity contribution is 0.0629. The smallest absolute Gasteiger partial charge is 0.272 e. The van der Waals surface area contributed by atoms with E-state index in [1.807, 2.05) is 39.7 Å². The van der Waals surface area contributed by atoms with Gasteiger partial charge in [0.05, 0.1) is 5.69 Å². The van der Waals surface area contributed by atoms with Crippen LogP contribution in [0.2, 0.25) is 0 Å². The van der Waals surface area contributed by atoms with Crippen LogP contribution in [-0.2, 0) is 6.42 Å². The number of hydrogen-bond acceptors (Lipinski definition) is 4. The Balaban J connectivity index is 1.76. The normalized spacial score (nSPS) is 17.6. The number of aryl methyl sites for hydroxylation is 1. The van der Waals surface area contributed by atoms with Crippen LogP contribution in [0, 0.1) is 0 Å². The van der Waals surface area contributed by atoms with Gasteiger partial charge in [-0.3, -0.25) is 9.78 Å². The number of carbonyl (C=O) groups excluding carboxylic acids is 1. The van der Waals surface area contributed by atoms with E-state index in [-0.39, 0.29) is 11.9 Å². The van der Waals surface area contributed by atoms with Gasteiger partial charge in [0, 0.05) is 30.5 Å². The third kappa shape index (κ3) is 2.96. The summed E-state index contributed by atoms with van der Waals surface area (Å²) in [5.41, 5.74) is 3.75. The molecular weight excluding hydrogens is 326 g/mol. The molecule has 0 radical (unpaired) electrons. The lowest BCUT2D eigenvalue weighted by Gasteiger charge is -2.33. The van der Waals surface area contributed by atoms with E-state index in [9.17, 15) is 4.79 Å². The number of nitrogens with zero attached hydrogens (tertiary/aromatic N) is 5. The van der Waals surface area contributed by atoms with Gasteiger partial charge in [-0.1, -0.05) is 13.0 Å². The minimum atomic E-state index is 0.0231. The molecule has 1 fully saturated rings. The number of aromatic nitrogens is 4. The molecule has 3 aromatic heterocycles. The molecular formula is C20H23N5O. The maximum Gasteiger partial charge on any atom is 0.272 e. The molecule has 6 heteroatoms. The minimum Gasteiger partial charge on any atom is -0.335 e. The Hall–Kier alpha value is -2.76. The average molecular weight is 349 g/mol. The summed E-state index contributed by atoms with van der Waals surface area (Å²) in [5.74, 6) is 0.0231. The minimum absolute atomic E-state index is 0.0231. The van der Waals surface area contributed by atoms with Gasteiger partial charge in [0.25, 0.3) is 5.91 Å². The van der Waals surface area contributed by atoms with Gasteiger partial charge in [0.15, 0.2) is 5.65 Å². The topological polar surface area (TPSA) is 63.4 Å². The standard InChI is InChI=1S/C20H23N5O/c1-3-15-12-18(20(26)24-11-7-5-8-14(24)2)22-19-13-17(23-25(15)19)16-9-4-6-10-21-16/h4,6,9-10,12-14H,3,5,7-8,11H2,1-2H3/t14-/m0/s1. The Morgan fingerprint density at radius 1 is 1.23 bits per heavy atom. The average Bonchev–Trinajstić information content (AvgIpc) is 3.12. The van der Waals surface area contributed by atoms with Crippen LogP contribution in [0.1, 0.15) is 49.3 Å². The van der Waals surface area contributed by atoms with E-state index in [4.69, 9.17) is 0 Å². The van der Waals surface area contributed by atoms with Crippen molar-refractivity contribution in [2.45, 2.75) is 45.6 Å². The van der Waals surface area contributed by atoms with Crippen LogP contribution in [-0.4, -0.2) is 43.0 Å². The quantitative estimate of drug-likeness (QED) is 0.727. The molecule has 0 aliphatic carbocycles. The number of pyridine rings is 1. The molecule has 1 aliphatic heterocycles.